The van der Waals surface area contributed by atoms with Crippen LogP contribution in [0.3, 0.4) is 0 Å². The van der Waals surface area contributed by atoms with Crippen LogP contribution < -0.4 is 5.32 Å². The normalized spacial score (nSPS) is 23.6. The van der Waals surface area contributed by atoms with Gasteiger partial charge in [0.15, 0.2) is 0 Å². The summed E-state index contributed by atoms with van der Waals surface area (Å²) in [6.45, 7) is 4.54. The van der Waals surface area contributed by atoms with Crippen molar-refractivity contribution in [3.8, 4) is 0 Å². The second-order valence-electron chi connectivity index (χ2n) is 5.15. The van der Waals surface area contributed by atoms with E-state index < -0.39 is 0 Å². The first-order chi connectivity index (χ1) is 6.47. The molecule has 2 atom stereocenters. The zero-order valence-electron chi connectivity index (χ0n) is 9.88. The van der Waals surface area contributed by atoms with E-state index in [2.05, 4.69) is 38.2 Å². The Labute approximate surface area is 87.5 Å². The molecule has 14 heavy (non-hydrogen) atoms. The molecule has 0 amide bonds. The van der Waals surface area contributed by atoms with E-state index in [0.717, 1.165) is 6.42 Å². The molecule has 1 rings (SSSR count). The zero-order chi connectivity index (χ0) is 10.8. The van der Waals surface area contributed by atoms with Crippen molar-refractivity contribution in [3.05, 3.63) is 0 Å². The van der Waals surface area contributed by atoms with Gasteiger partial charge in [-0.2, -0.15) is 0 Å². The van der Waals surface area contributed by atoms with E-state index in [1.165, 1.54) is 12.8 Å². The third-order valence-corrected chi connectivity index (χ3v) is 3.11. The van der Waals surface area contributed by atoms with Crippen molar-refractivity contribution in [1.82, 2.24) is 10.2 Å². The Bertz CT molecular complexity index is 180. The molecule has 1 aliphatic rings. The first-order valence-electron chi connectivity index (χ1n) is 5.52. The Morgan fingerprint density at radius 3 is 2.43 bits per heavy atom. The average molecular weight is 200 g/mol. The van der Waals surface area contributed by atoms with Gasteiger partial charge in [0, 0.05) is 17.6 Å². The summed E-state index contributed by atoms with van der Waals surface area (Å²) in [4.78, 5) is 2.20. The molecule has 1 saturated carbocycles. The monoisotopic (exact) mass is 200 g/mol. The van der Waals surface area contributed by atoms with Crippen LogP contribution in [-0.2, 0) is 0 Å². The van der Waals surface area contributed by atoms with Crippen LogP contribution in [0.25, 0.3) is 0 Å². The van der Waals surface area contributed by atoms with E-state index in [-0.39, 0.29) is 12.1 Å². The molecule has 0 aliphatic heterocycles. The highest BCUT2D eigenvalue weighted by molar-refractivity contribution is 4.94. The third-order valence-electron chi connectivity index (χ3n) is 3.11. The minimum absolute atomic E-state index is 0.106. The minimum atomic E-state index is -0.106. The number of hydrogen-bond acceptors (Lipinski definition) is 3. The fourth-order valence-electron chi connectivity index (χ4n) is 1.72. The van der Waals surface area contributed by atoms with E-state index >= 15 is 0 Å². The molecule has 84 valence electrons. The lowest BCUT2D eigenvalue weighted by molar-refractivity contribution is 0.133. The molecule has 1 aliphatic carbocycles. The quantitative estimate of drug-likeness (QED) is 0.666. The van der Waals surface area contributed by atoms with Crippen LogP contribution in [-0.4, -0.2) is 48.3 Å². The summed E-state index contributed by atoms with van der Waals surface area (Å²) in [6.07, 6.45) is 3.53. The van der Waals surface area contributed by atoms with Crippen LogP contribution in [0.1, 0.15) is 33.1 Å². The van der Waals surface area contributed by atoms with Gasteiger partial charge in [0.1, 0.15) is 0 Å². The smallest absolute Gasteiger partial charge is 0.0611 e. The van der Waals surface area contributed by atoms with Crippen molar-refractivity contribution < 1.29 is 5.11 Å². The standard InChI is InChI=1S/C11H24N2O/c1-9(13(3)4)7-11(2,8-14)12-10-5-6-10/h9-10,12,14H,5-8H2,1-4H3. The number of hydrogen-bond donors (Lipinski definition) is 2. The lowest BCUT2D eigenvalue weighted by Gasteiger charge is -2.34. The van der Waals surface area contributed by atoms with Gasteiger partial charge in [-0.15, -0.1) is 0 Å². The summed E-state index contributed by atoms with van der Waals surface area (Å²) >= 11 is 0. The molecule has 1 fully saturated rings. The van der Waals surface area contributed by atoms with Crippen LogP contribution in [0, 0.1) is 0 Å². The van der Waals surface area contributed by atoms with E-state index in [0.29, 0.717) is 12.1 Å². The molecule has 2 unspecified atom stereocenters. The van der Waals surface area contributed by atoms with Crippen molar-refractivity contribution in [2.24, 2.45) is 0 Å². The number of nitrogens with zero attached hydrogens (tertiary/aromatic N) is 1. The van der Waals surface area contributed by atoms with Gasteiger partial charge >= 0.3 is 0 Å². The van der Waals surface area contributed by atoms with Crippen molar-refractivity contribution in [2.75, 3.05) is 20.7 Å². The van der Waals surface area contributed by atoms with Crippen molar-refractivity contribution >= 4 is 0 Å². The molecule has 0 heterocycles. The number of aliphatic hydroxyl groups excluding tert-OH is 1. The summed E-state index contributed by atoms with van der Waals surface area (Å²) in [6, 6.07) is 1.15. The topological polar surface area (TPSA) is 35.5 Å². The highest BCUT2D eigenvalue weighted by Gasteiger charge is 2.33. The summed E-state index contributed by atoms with van der Waals surface area (Å²) in [5.41, 5.74) is -0.106. The summed E-state index contributed by atoms with van der Waals surface area (Å²) in [5.74, 6) is 0. The van der Waals surface area contributed by atoms with E-state index in [4.69, 9.17) is 0 Å². The maximum atomic E-state index is 9.41. The molecule has 3 nitrogen and oxygen atoms in total. The van der Waals surface area contributed by atoms with Gasteiger partial charge < -0.3 is 15.3 Å². The Morgan fingerprint density at radius 1 is 1.50 bits per heavy atom. The molecular formula is C11H24N2O. The van der Waals surface area contributed by atoms with Crippen LogP contribution in [0.5, 0.6) is 0 Å². The number of rotatable bonds is 6. The zero-order valence-corrected chi connectivity index (χ0v) is 9.88. The van der Waals surface area contributed by atoms with E-state index in [1.54, 1.807) is 0 Å². The second-order valence-corrected chi connectivity index (χ2v) is 5.15. The fraction of sp³-hybridized carbons (Fsp3) is 1.00. The lowest BCUT2D eigenvalue weighted by atomic mass is 9.94. The first kappa shape index (κ1) is 12.0. The Balaban J connectivity index is 2.41. The molecule has 0 spiro atoms. The van der Waals surface area contributed by atoms with Gasteiger partial charge in [-0.25, -0.2) is 0 Å². The molecule has 0 bridgehead atoms. The van der Waals surface area contributed by atoms with Gasteiger partial charge in [0.2, 0.25) is 0 Å². The van der Waals surface area contributed by atoms with Gasteiger partial charge in [-0.3, -0.25) is 0 Å². The van der Waals surface area contributed by atoms with Crippen LogP contribution >= 0.6 is 0 Å². The molecule has 0 aromatic rings. The van der Waals surface area contributed by atoms with E-state index in [1.807, 2.05) is 0 Å². The van der Waals surface area contributed by atoms with Crippen LogP contribution in [0.15, 0.2) is 0 Å². The SMILES string of the molecule is CC(CC(C)(CO)NC1CC1)N(C)C. The summed E-state index contributed by atoms with van der Waals surface area (Å²) < 4.78 is 0. The van der Waals surface area contributed by atoms with E-state index in [9.17, 15) is 5.11 Å². The Hall–Kier alpha value is -0.120. The van der Waals surface area contributed by atoms with Gasteiger partial charge in [-0.1, -0.05) is 0 Å². The maximum Gasteiger partial charge on any atom is 0.0611 e. The molecule has 0 aromatic carbocycles. The molecule has 0 radical (unpaired) electrons. The van der Waals surface area contributed by atoms with Crippen LogP contribution in [0.4, 0.5) is 0 Å². The molecule has 2 N–H and O–H groups in total. The Morgan fingerprint density at radius 2 is 2.07 bits per heavy atom. The fourth-order valence-corrected chi connectivity index (χ4v) is 1.72. The van der Waals surface area contributed by atoms with Crippen molar-refractivity contribution in [1.29, 1.82) is 0 Å². The largest absolute Gasteiger partial charge is 0.394 e. The highest BCUT2D eigenvalue weighted by atomic mass is 16.3. The second kappa shape index (κ2) is 4.60. The highest BCUT2D eigenvalue weighted by Crippen LogP contribution is 2.25. The van der Waals surface area contributed by atoms with Gasteiger partial charge in [0.05, 0.1) is 6.61 Å². The number of nitrogens with one attached hydrogen (secondary N) is 1. The predicted octanol–water partition coefficient (Wildman–Crippen LogP) is 0.830. The molecule has 3 heteroatoms. The first-order valence-corrected chi connectivity index (χ1v) is 5.52. The third kappa shape index (κ3) is 3.56. The van der Waals surface area contributed by atoms with Crippen molar-refractivity contribution in [2.45, 2.75) is 50.7 Å². The van der Waals surface area contributed by atoms with Gasteiger partial charge in [-0.05, 0) is 47.2 Å². The molecule has 0 aromatic heterocycles. The lowest BCUT2D eigenvalue weighted by Crippen LogP contribution is -2.50. The van der Waals surface area contributed by atoms with Crippen LogP contribution in [0.2, 0.25) is 0 Å². The van der Waals surface area contributed by atoms with Gasteiger partial charge in [0.25, 0.3) is 0 Å². The number of aliphatic hydroxyl groups is 1. The predicted molar refractivity (Wildman–Crippen MR) is 59.4 cm³/mol. The van der Waals surface area contributed by atoms with Crippen molar-refractivity contribution in [3.63, 3.8) is 0 Å². The summed E-state index contributed by atoms with van der Waals surface area (Å²) in [7, 11) is 4.17. The minimum Gasteiger partial charge on any atom is -0.394 e. The Kier molecular flexibility index (Phi) is 3.93. The maximum absolute atomic E-state index is 9.41. The molecule has 0 saturated heterocycles. The summed E-state index contributed by atoms with van der Waals surface area (Å²) in [5, 5.41) is 12.9. The average Bonchev–Trinajstić information content (AvgIpc) is 2.88. The molecular weight excluding hydrogens is 176 g/mol.